The predicted octanol–water partition coefficient (Wildman–Crippen LogP) is 5.23. The Kier molecular flexibility index (Phi) is 6.66. The van der Waals surface area contributed by atoms with E-state index < -0.39 is 62.7 Å². The average Bonchev–Trinajstić information content (AvgIpc) is 2.90. The smallest absolute Gasteiger partial charge is 0.203 e. The maximum Gasteiger partial charge on any atom is 0.203 e. The quantitative estimate of drug-likeness (QED) is 0.281. The number of fused-ring (bicyclic) bond motifs is 3. The van der Waals surface area contributed by atoms with Crippen molar-refractivity contribution in [1.82, 2.24) is 0 Å². The van der Waals surface area contributed by atoms with Crippen LogP contribution in [0.2, 0.25) is 0 Å². The highest BCUT2D eigenvalue weighted by Crippen LogP contribution is 2.65. The number of aliphatic hydroxyl groups is 3. The minimum absolute atomic E-state index is 0.00894. The number of phenols is 1. The summed E-state index contributed by atoms with van der Waals surface area (Å²) in [6.45, 7) is 9.96. The molecule has 0 bridgehead atoms. The SMILES string of the molecule is CCc1ccc(C=O)cc1-c1ccc(O)c2c1C[C@]1(C)C[C@]3(C)C(C(C)C)C(=O)C(C(C)=O)=C(O)[C@]3(O)C(=O)C1=C2O. The van der Waals surface area contributed by atoms with Crippen molar-refractivity contribution in [2.45, 2.75) is 66.4 Å². The van der Waals surface area contributed by atoms with E-state index in [1.807, 2.05) is 13.0 Å². The number of aldehydes is 1. The van der Waals surface area contributed by atoms with E-state index in [2.05, 4.69) is 0 Å². The molecule has 8 nitrogen and oxygen atoms in total. The van der Waals surface area contributed by atoms with Crippen LogP contribution in [0.25, 0.3) is 16.9 Å². The van der Waals surface area contributed by atoms with Gasteiger partial charge in [0.2, 0.25) is 5.78 Å². The fraction of sp³-hybridized carbons (Fsp3) is 0.412. The summed E-state index contributed by atoms with van der Waals surface area (Å²) in [4.78, 5) is 52.3. The molecule has 220 valence electrons. The zero-order valence-corrected chi connectivity index (χ0v) is 24.7. The zero-order chi connectivity index (χ0) is 31.1. The van der Waals surface area contributed by atoms with E-state index in [1.165, 1.54) is 6.07 Å². The van der Waals surface area contributed by atoms with Gasteiger partial charge in [0, 0.05) is 27.9 Å². The lowest BCUT2D eigenvalue weighted by Crippen LogP contribution is -2.69. The molecule has 0 aromatic heterocycles. The summed E-state index contributed by atoms with van der Waals surface area (Å²) in [5, 5.41) is 46.2. The number of hydrogen-bond donors (Lipinski definition) is 4. The molecular formula is C34H36O8. The van der Waals surface area contributed by atoms with Crippen LogP contribution in [0, 0.1) is 22.7 Å². The number of aliphatic hydroxyl groups excluding tert-OH is 2. The minimum atomic E-state index is -2.65. The average molecular weight is 573 g/mol. The normalized spacial score (nSPS) is 28.9. The predicted molar refractivity (Wildman–Crippen MR) is 156 cm³/mol. The fourth-order valence-electron chi connectivity index (χ4n) is 8.20. The summed E-state index contributed by atoms with van der Waals surface area (Å²) in [5.74, 6) is -5.57. The lowest BCUT2D eigenvalue weighted by molar-refractivity contribution is -0.178. The molecule has 1 fully saturated rings. The largest absolute Gasteiger partial charge is 0.508 e. The highest BCUT2D eigenvalue weighted by Gasteiger charge is 2.72. The Bertz CT molecular complexity index is 1660. The van der Waals surface area contributed by atoms with Crippen molar-refractivity contribution in [2.75, 3.05) is 0 Å². The molecule has 42 heavy (non-hydrogen) atoms. The highest BCUT2D eigenvalue weighted by atomic mass is 16.3. The monoisotopic (exact) mass is 572 g/mol. The maximum atomic E-state index is 14.4. The topological polar surface area (TPSA) is 149 Å². The third-order valence-corrected chi connectivity index (χ3v) is 9.83. The Labute approximate surface area is 244 Å². The first-order valence-electron chi connectivity index (χ1n) is 14.2. The summed E-state index contributed by atoms with van der Waals surface area (Å²) in [6.07, 6.45) is 1.56. The van der Waals surface area contributed by atoms with Crippen molar-refractivity contribution in [2.24, 2.45) is 22.7 Å². The molecular weight excluding hydrogens is 536 g/mol. The molecule has 3 aliphatic carbocycles. The number of carbonyl (C=O) groups is 4. The van der Waals surface area contributed by atoms with E-state index in [0.717, 1.165) is 24.3 Å². The van der Waals surface area contributed by atoms with Crippen LogP contribution in [0.3, 0.4) is 0 Å². The molecule has 0 radical (unpaired) electrons. The summed E-state index contributed by atoms with van der Waals surface area (Å²) in [7, 11) is 0. The molecule has 0 aliphatic heterocycles. The van der Waals surface area contributed by atoms with E-state index in [0.29, 0.717) is 23.1 Å². The number of ketones is 3. The van der Waals surface area contributed by atoms with E-state index >= 15 is 0 Å². The Morgan fingerprint density at radius 3 is 2.31 bits per heavy atom. The molecule has 3 aliphatic rings. The van der Waals surface area contributed by atoms with Crippen LogP contribution >= 0.6 is 0 Å². The second-order valence-electron chi connectivity index (χ2n) is 12.8. The van der Waals surface area contributed by atoms with Crippen molar-refractivity contribution in [3.05, 3.63) is 69.5 Å². The van der Waals surface area contributed by atoms with E-state index in [1.54, 1.807) is 45.9 Å². The first kappa shape index (κ1) is 29.5. The second kappa shape index (κ2) is 9.49. The highest BCUT2D eigenvalue weighted by molar-refractivity contribution is 6.24. The van der Waals surface area contributed by atoms with Crippen LogP contribution in [0.4, 0.5) is 0 Å². The van der Waals surface area contributed by atoms with Crippen molar-refractivity contribution in [3.8, 4) is 16.9 Å². The molecule has 0 spiro atoms. The van der Waals surface area contributed by atoms with E-state index in [-0.39, 0.29) is 29.7 Å². The molecule has 4 atom stereocenters. The minimum Gasteiger partial charge on any atom is -0.508 e. The van der Waals surface area contributed by atoms with Gasteiger partial charge in [-0.2, -0.15) is 0 Å². The molecule has 0 saturated heterocycles. The van der Waals surface area contributed by atoms with Crippen LogP contribution < -0.4 is 0 Å². The van der Waals surface area contributed by atoms with Gasteiger partial charge >= 0.3 is 0 Å². The molecule has 1 unspecified atom stereocenters. The van der Waals surface area contributed by atoms with Gasteiger partial charge in [-0.25, -0.2) is 0 Å². The Morgan fingerprint density at radius 1 is 1.07 bits per heavy atom. The number of Topliss-reactive ketones (excluding diaryl/α,β-unsaturated/α-hetero) is 3. The first-order chi connectivity index (χ1) is 19.6. The molecule has 5 rings (SSSR count). The molecule has 0 amide bonds. The van der Waals surface area contributed by atoms with Gasteiger partial charge in [-0.3, -0.25) is 19.2 Å². The number of aryl methyl sites for hydroxylation is 1. The Morgan fingerprint density at radius 2 is 1.74 bits per heavy atom. The van der Waals surface area contributed by atoms with Crippen LogP contribution in [0.5, 0.6) is 5.75 Å². The first-order valence-corrected chi connectivity index (χ1v) is 14.2. The lowest BCUT2D eigenvalue weighted by Gasteiger charge is -2.59. The van der Waals surface area contributed by atoms with Gasteiger partial charge in [-0.1, -0.05) is 52.8 Å². The standard InChI is InChI=1S/C34H36O8/c1-7-19-9-8-18(14-35)12-21(19)20-10-11-23(37)25-22(20)13-32(5)15-33(6)26(16(2)3)28(38)24(17(4)36)30(40)34(33,42)31(41)27(32)29(25)39/h8-12,14,16,26,37,39-40,42H,7,13,15H2,1-6H3/t26?,32-,33-,34+/m1/s1. The van der Waals surface area contributed by atoms with Crippen LogP contribution in [-0.2, 0) is 27.2 Å². The molecule has 0 heterocycles. The van der Waals surface area contributed by atoms with Gasteiger partial charge in [0.15, 0.2) is 17.2 Å². The number of aromatic hydroxyl groups is 1. The van der Waals surface area contributed by atoms with Crippen molar-refractivity contribution in [1.29, 1.82) is 0 Å². The third-order valence-electron chi connectivity index (χ3n) is 9.83. The number of allylic oxidation sites excluding steroid dienone is 1. The van der Waals surface area contributed by atoms with Gasteiger partial charge < -0.3 is 20.4 Å². The summed E-state index contributed by atoms with van der Waals surface area (Å²) >= 11 is 0. The fourth-order valence-corrected chi connectivity index (χ4v) is 8.20. The van der Waals surface area contributed by atoms with Gasteiger partial charge in [-0.15, -0.1) is 0 Å². The number of hydrogen-bond acceptors (Lipinski definition) is 8. The number of rotatable bonds is 5. The van der Waals surface area contributed by atoms with Crippen LogP contribution in [0.15, 0.2) is 47.2 Å². The number of benzene rings is 2. The summed E-state index contributed by atoms with van der Waals surface area (Å²) in [6, 6.07) is 8.46. The third kappa shape index (κ3) is 3.63. The lowest BCUT2D eigenvalue weighted by atomic mass is 9.43. The van der Waals surface area contributed by atoms with Crippen LogP contribution in [0.1, 0.15) is 75.0 Å². The molecule has 2 aromatic carbocycles. The van der Waals surface area contributed by atoms with Gasteiger partial charge in [-0.05, 0) is 66.5 Å². The summed E-state index contributed by atoms with van der Waals surface area (Å²) < 4.78 is 0. The van der Waals surface area contributed by atoms with Gasteiger partial charge in [0.1, 0.15) is 29.1 Å². The number of phenolic OH excluding ortho intramolecular Hbond substituents is 1. The molecule has 2 aromatic rings. The Balaban J connectivity index is 1.84. The number of carbonyl (C=O) groups excluding carboxylic acids is 4. The van der Waals surface area contributed by atoms with Gasteiger partial charge in [0.05, 0.1) is 5.56 Å². The second-order valence-corrected chi connectivity index (χ2v) is 12.8. The zero-order valence-electron chi connectivity index (χ0n) is 24.7. The van der Waals surface area contributed by atoms with E-state index in [9.17, 15) is 39.6 Å². The Hall–Kier alpha value is -4.04. The molecule has 1 saturated carbocycles. The van der Waals surface area contributed by atoms with Crippen molar-refractivity contribution < 1.29 is 39.6 Å². The van der Waals surface area contributed by atoms with Gasteiger partial charge in [0.25, 0.3) is 0 Å². The summed E-state index contributed by atoms with van der Waals surface area (Å²) in [5.41, 5.74) is -2.67. The molecule has 4 N–H and O–H groups in total. The molecule has 8 heteroatoms. The van der Waals surface area contributed by atoms with Crippen molar-refractivity contribution >= 4 is 29.4 Å². The van der Waals surface area contributed by atoms with E-state index in [4.69, 9.17) is 0 Å². The van der Waals surface area contributed by atoms with Crippen molar-refractivity contribution in [3.63, 3.8) is 0 Å². The van der Waals surface area contributed by atoms with Crippen LogP contribution in [-0.4, -0.2) is 49.7 Å². The maximum absolute atomic E-state index is 14.4.